The minimum Gasteiger partial charge on any atom is -0.468 e. The van der Waals surface area contributed by atoms with Crippen molar-refractivity contribution in [3.63, 3.8) is 0 Å². The molecule has 2 rings (SSSR count). The summed E-state index contributed by atoms with van der Waals surface area (Å²) in [7, 11) is 2.57. The fourth-order valence-corrected chi connectivity index (χ4v) is 2.94. The van der Waals surface area contributed by atoms with Crippen molar-refractivity contribution < 1.29 is 19.1 Å². The summed E-state index contributed by atoms with van der Waals surface area (Å²) in [6.45, 7) is 3.96. The standard InChI is InChI=1S/C17H21NO4/c1-10(2)14(15(16(19)21-3)17(20)22-4)12-9-18-13-8-6-5-7-11(12)13/h5-10,14-15,18H,1-4H3. The lowest BCUT2D eigenvalue weighted by atomic mass is 9.78. The number of hydrogen-bond acceptors (Lipinski definition) is 4. The Balaban J connectivity index is 2.57. The van der Waals surface area contributed by atoms with Crippen LogP contribution in [0.5, 0.6) is 0 Å². The number of H-pyrrole nitrogens is 1. The van der Waals surface area contributed by atoms with E-state index in [2.05, 4.69) is 4.98 Å². The summed E-state index contributed by atoms with van der Waals surface area (Å²) in [6.07, 6.45) is 1.86. The average Bonchev–Trinajstić information content (AvgIpc) is 2.94. The zero-order valence-electron chi connectivity index (χ0n) is 13.3. The molecule has 1 heterocycles. The van der Waals surface area contributed by atoms with Crippen LogP contribution in [0.2, 0.25) is 0 Å². The lowest BCUT2D eigenvalue weighted by molar-refractivity contribution is -0.160. The van der Waals surface area contributed by atoms with Gasteiger partial charge in [-0.25, -0.2) is 0 Å². The van der Waals surface area contributed by atoms with Crippen LogP contribution < -0.4 is 0 Å². The van der Waals surface area contributed by atoms with Gasteiger partial charge in [-0.1, -0.05) is 32.0 Å². The minimum absolute atomic E-state index is 0.0578. The highest BCUT2D eigenvalue weighted by atomic mass is 16.5. The van der Waals surface area contributed by atoms with Gasteiger partial charge in [-0.15, -0.1) is 0 Å². The number of hydrogen-bond donors (Lipinski definition) is 1. The number of rotatable bonds is 5. The summed E-state index contributed by atoms with van der Waals surface area (Å²) >= 11 is 0. The molecule has 0 saturated heterocycles. The second kappa shape index (κ2) is 6.64. The van der Waals surface area contributed by atoms with Crippen LogP contribution in [-0.2, 0) is 19.1 Å². The Bertz CT molecular complexity index is 658. The van der Waals surface area contributed by atoms with E-state index in [-0.39, 0.29) is 11.8 Å². The van der Waals surface area contributed by atoms with Crippen molar-refractivity contribution in [2.75, 3.05) is 14.2 Å². The zero-order valence-corrected chi connectivity index (χ0v) is 13.3. The van der Waals surface area contributed by atoms with Gasteiger partial charge >= 0.3 is 11.9 Å². The first kappa shape index (κ1) is 16.1. The van der Waals surface area contributed by atoms with Crippen LogP contribution in [-0.4, -0.2) is 31.1 Å². The molecule has 1 unspecified atom stereocenters. The van der Waals surface area contributed by atoms with Gasteiger partial charge in [0.25, 0.3) is 0 Å². The van der Waals surface area contributed by atoms with Gasteiger partial charge in [-0.2, -0.15) is 0 Å². The molecule has 0 aliphatic rings. The molecule has 0 spiro atoms. The maximum Gasteiger partial charge on any atom is 0.320 e. The Kier molecular flexibility index (Phi) is 4.85. The summed E-state index contributed by atoms with van der Waals surface area (Å²) in [5.41, 5.74) is 1.89. The van der Waals surface area contributed by atoms with Crippen LogP contribution in [0, 0.1) is 11.8 Å². The predicted molar refractivity (Wildman–Crippen MR) is 83.4 cm³/mol. The zero-order chi connectivity index (χ0) is 16.3. The summed E-state index contributed by atoms with van der Waals surface area (Å²) in [4.78, 5) is 27.5. The first-order valence-corrected chi connectivity index (χ1v) is 7.23. The summed E-state index contributed by atoms with van der Waals surface area (Å²) in [5.74, 6) is -2.39. The number of ether oxygens (including phenoxy) is 2. The van der Waals surface area contributed by atoms with Gasteiger partial charge in [0.2, 0.25) is 0 Å². The topological polar surface area (TPSA) is 68.4 Å². The van der Waals surface area contributed by atoms with E-state index in [0.29, 0.717) is 0 Å². The van der Waals surface area contributed by atoms with Crippen LogP contribution in [0.3, 0.4) is 0 Å². The molecule has 2 aromatic rings. The van der Waals surface area contributed by atoms with Crippen molar-refractivity contribution in [3.05, 3.63) is 36.0 Å². The maximum atomic E-state index is 12.2. The van der Waals surface area contributed by atoms with Gasteiger partial charge in [-0.3, -0.25) is 9.59 Å². The molecule has 0 amide bonds. The highest BCUT2D eigenvalue weighted by Crippen LogP contribution is 2.37. The van der Waals surface area contributed by atoms with Gasteiger partial charge in [0.05, 0.1) is 14.2 Å². The normalized spacial score (nSPS) is 12.6. The summed E-state index contributed by atoms with van der Waals surface area (Å²) in [6, 6.07) is 7.80. The Morgan fingerprint density at radius 3 is 2.18 bits per heavy atom. The van der Waals surface area contributed by atoms with Crippen LogP contribution in [0.1, 0.15) is 25.3 Å². The van der Waals surface area contributed by atoms with Gasteiger partial charge in [0.15, 0.2) is 5.92 Å². The van der Waals surface area contributed by atoms with E-state index in [1.54, 1.807) is 0 Å². The molecule has 0 aliphatic heterocycles. The van der Waals surface area contributed by atoms with Gasteiger partial charge in [0, 0.05) is 23.0 Å². The first-order chi connectivity index (χ1) is 10.5. The largest absolute Gasteiger partial charge is 0.468 e. The smallest absolute Gasteiger partial charge is 0.320 e. The Morgan fingerprint density at radius 2 is 1.64 bits per heavy atom. The van der Waals surface area contributed by atoms with Crippen LogP contribution in [0.25, 0.3) is 10.9 Å². The van der Waals surface area contributed by atoms with Crippen LogP contribution in [0.4, 0.5) is 0 Å². The lowest BCUT2D eigenvalue weighted by Crippen LogP contribution is -2.34. The van der Waals surface area contributed by atoms with E-state index < -0.39 is 17.9 Å². The second-order valence-electron chi connectivity index (χ2n) is 5.58. The number of para-hydroxylation sites is 1. The molecule has 0 saturated carbocycles. The number of aromatic amines is 1. The van der Waals surface area contributed by atoms with E-state index in [1.807, 2.05) is 44.3 Å². The average molecular weight is 303 g/mol. The third kappa shape index (κ3) is 2.84. The van der Waals surface area contributed by atoms with Gasteiger partial charge < -0.3 is 14.5 Å². The molecule has 1 aromatic carbocycles. The van der Waals surface area contributed by atoms with E-state index in [4.69, 9.17) is 9.47 Å². The molecule has 0 bridgehead atoms. The van der Waals surface area contributed by atoms with Crippen molar-refractivity contribution in [3.8, 4) is 0 Å². The number of nitrogens with one attached hydrogen (secondary N) is 1. The highest BCUT2D eigenvalue weighted by molar-refractivity contribution is 5.97. The number of esters is 2. The molecule has 1 N–H and O–H groups in total. The summed E-state index contributed by atoms with van der Waals surface area (Å²) < 4.78 is 9.65. The van der Waals surface area contributed by atoms with Crippen LogP contribution >= 0.6 is 0 Å². The molecule has 0 fully saturated rings. The van der Waals surface area contributed by atoms with Crippen LogP contribution in [0.15, 0.2) is 30.5 Å². The fourth-order valence-electron chi connectivity index (χ4n) is 2.94. The molecule has 5 heteroatoms. The lowest BCUT2D eigenvalue weighted by Gasteiger charge is -2.26. The molecule has 0 radical (unpaired) electrons. The van der Waals surface area contributed by atoms with Crippen molar-refractivity contribution in [2.45, 2.75) is 19.8 Å². The number of carbonyl (C=O) groups excluding carboxylic acids is 2. The fraction of sp³-hybridized carbons (Fsp3) is 0.412. The molecule has 5 nitrogen and oxygen atoms in total. The van der Waals surface area contributed by atoms with E-state index in [9.17, 15) is 9.59 Å². The van der Waals surface area contributed by atoms with E-state index in [0.717, 1.165) is 16.5 Å². The Labute approximate surface area is 129 Å². The third-order valence-electron chi connectivity index (χ3n) is 3.97. The first-order valence-electron chi connectivity index (χ1n) is 7.23. The monoisotopic (exact) mass is 303 g/mol. The van der Waals surface area contributed by atoms with Gasteiger partial charge in [-0.05, 0) is 17.5 Å². The molecule has 1 aromatic heterocycles. The quantitative estimate of drug-likeness (QED) is 0.681. The number of methoxy groups -OCH3 is 2. The minimum atomic E-state index is -0.978. The van der Waals surface area contributed by atoms with E-state index in [1.165, 1.54) is 14.2 Å². The molecule has 118 valence electrons. The number of fused-ring (bicyclic) bond motifs is 1. The maximum absolute atomic E-state index is 12.2. The number of benzene rings is 1. The van der Waals surface area contributed by atoms with Gasteiger partial charge in [0.1, 0.15) is 0 Å². The van der Waals surface area contributed by atoms with E-state index >= 15 is 0 Å². The second-order valence-corrected chi connectivity index (χ2v) is 5.58. The Hall–Kier alpha value is -2.30. The third-order valence-corrected chi connectivity index (χ3v) is 3.97. The molecule has 22 heavy (non-hydrogen) atoms. The molecule has 0 aliphatic carbocycles. The highest BCUT2D eigenvalue weighted by Gasteiger charge is 2.40. The van der Waals surface area contributed by atoms with Crippen molar-refractivity contribution in [1.29, 1.82) is 0 Å². The predicted octanol–water partition coefficient (Wildman–Crippen LogP) is 2.87. The molecular weight excluding hydrogens is 282 g/mol. The van der Waals surface area contributed by atoms with Crippen molar-refractivity contribution in [2.24, 2.45) is 11.8 Å². The molecular formula is C17H21NO4. The number of carbonyl (C=O) groups is 2. The van der Waals surface area contributed by atoms with Crippen molar-refractivity contribution >= 4 is 22.8 Å². The SMILES string of the molecule is COC(=O)C(C(=O)OC)C(c1c[nH]c2ccccc12)C(C)C. The summed E-state index contributed by atoms with van der Waals surface area (Å²) in [5, 5.41) is 0.999. The van der Waals surface area contributed by atoms with Crippen molar-refractivity contribution in [1.82, 2.24) is 4.98 Å². The number of aromatic nitrogens is 1. The molecule has 1 atom stereocenters. The Morgan fingerprint density at radius 1 is 1.05 bits per heavy atom.